The van der Waals surface area contributed by atoms with E-state index in [4.69, 9.17) is 37.9 Å². The molecule has 1 atom stereocenters. The van der Waals surface area contributed by atoms with Gasteiger partial charge in [-0.25, -0.2) is 0 Å². The van der Waals surface area contributed by atoms with Gasteiger partial charge in [0.25, 0.3) is 11.4 Å². The summed E-state index contributed by atoms with van der Waals surface area (Å²) < 4.78 is 48.4. The molecule has 7 heterocycles. The van der Waals surface area contributed by atoms with Crippen molar-refractivity contribution in [3.05, 3.63) is 244 Å². The van der Waals surface area contributed by atoms with Crippen molar-refractivity contribution in [1.29, 1.82) is 10.5 Å². The number of ketones is 1. The van der Waals surface area contributed by atoms with Crippen LogP contribution in [0, 0.1) is 42.9 Å². The van der Waals surface area contributed by atoms with E-state index in [1.165, 1.54) is 6.07 Å². The summed E-state index contributed by atoms with van der Waals surface area (Å²) in [5, 5.41) is 43.9. The van der Waals surface area contributed by atoms with Gasteiger partial charge < -0.3 is 61.5 Å². The number of nitrogens with zero attached hydrogens (tertiary/aromatic N) is 8. The van der Waals surface area contributed by atoms with E-state index in [-0.39, 0.29) is 46.5 Å². The van der Waals surface area contributed by atoms with Crippen LogP contribution in [0.2, 0.25) is 0 Å². The number of non-ortho nitro benzene ring substituents is 2. The molecule has 0 fully saturated rings. The summed E-state index contributed by atoms with van der Waals surface area (Å²) in [6.07, 6.45) is 7.61. The molecule has 508 valence electrons. The van der Waals surface area contributed by atoms with E-state index in [9.17, 15) is 35.5 Å². The number of hydrogen-bond acceptors (Lipinski definition) is 16. The number of ether oxygens (including phenoxy) is 8. The second-order valence-corrected chi connectivity index (χ2v) is 23.8. The topological polar surface area (TPSA) is 259 Å². The smallest absolute Gasteiger partial charge is 0.270 e. The summed E-state index contributed by atoms with van der Waals surface area (Å²) in [4.78, 5) is 38.4. The summed E-state index contributed by atoms with van der Waals surface area (Å²) in [5.74, 6) is 5.99. The van der Waals surface area contributed by atoms with Crippen molar-refractivity contribution < 1.29 is 52.5 Å². The monoisotopic (exact) mass is 1350 g/mol. The van der Waals surface area contributed by atoms with Gasteiger partial charge in [0.15, 0.2) is 28.8 Å². The molecule has 0 radical (unpaired) electrons. The van der Waals surface area contributed by atoms with Crippen LogP contribution in [0.4, 0.5) is 17.1 Å². The summed E-state index contributed by atoms with van der Waals surface area (Å²) in [6.45, 7) is 9.99. The van der Waals surface area contributed by atoms with Gasteiger partial charge in [0.1, 0.15) is 29.1 Å². The third-order valence-electron chi connectivity index (χ3n) is 17.7. The lowest BCUT2D eigenvalue weighted by molar-refractivity contribution is -0.384. The lowest BCUT2D eigenvalue weighted by Gasteiger charge is -2.24. The van der Waals surface area contributed by atoms with E-state index in [1.54, 1.807) is 59.6 Å². The zero-order chi connectivity index (χ0) is 71.0. The Hall–Kier alpha value is -13.2. The molecule has 9 aromatic carbocycles. The van der Waals surface area contributed by atoms with E-state index in [0.29, 0.717) is 28.7 Å². The highest BCUT2D eigenvalue weighted by atomic mass is 16.7. The van der Waals surface area contributed by atoms with Gasteiger partial charge in [0.05, 0.1) is 66.9 Å². The average Bonchev–Trinajstić information content (AvgIpc) is 1.65. The molecule has 4 aromatic heterocycles. The Labute approximate surface area is 580 Å². The molecular weight excluding hydrogens is 1280 g/mol. The molecular formula is C79H69N9O13. The van der Waals surface area contributed by atoms with Crippen LogP contribution in [0.5, 0.6) is 46.0 Å². The van der Waals surface area contributed by atoms with Crippen LogP contribution < -0.4 is 42.8 Å². The number of nitrogens with one attached hydrogen (secondary N) is 1. The van der Waals surface area contributed by atoms with Gasteiger partial charge in [0.2, 0.25) is 13.6 Å². The molecule has 101 heavy (non-hydrogen) atoms. The number of anilines is 1. The number of H-pyrrole nitrogens is 1. The van der Waals surface area contributed by atoms with Crippen molar-refractivity contribution >= 4 is 66.5 Å². The number of Topliss-reactive ketones (excluding diaryl/α,β-unsaturated/α-hetero) is 1. The van der Waals surface area contributed by atoms with Crippen molar-refractivity contribution in [3.8, 4) is 91.8 Å². The van der Waals surface area contributed by atoms with Gasteiger partial charge >= 0.3 is 0 Å². The Balaban J connectivity index is 0.000000120. The van der Waals surface area contributed by atoms with Crippen LogP contribution in [0.25, 0.3) is 77.2 Å². The van der Waals surface area contributed by atoms with Crippen LogP contribution in [0.3, 0.4) is 0 Å². The Kier molecular flexibility index (Phi) is 19.9. The first-order valence-corrected chi connectivity index (χ1v) is 32.2. The molecule has 0 saturated carbocycles. The first kappa shape index (κ1) is 67.8. The molecule has 22 nitrogen and oxygen atoms in total. The van der Waals surface area contributed by atoms with Crippen LogP contribution in [-0.4, -0.2) is 88.9 Å². The molecule has 0 spiro atoms. The molecule has 16 rings (SSSR count). The summed E-state index contributed by atoms with van der Waals surface area (Å²) in [5.41, 5.74) is 13.4. The van der Waals surface area contributed by atoms with Crippen LogP contribution in [0.1, 0.15) is 55.1 Å². The Morgan fingerprint density at radius 2 is 1.11 bits per heavy atom. The number of aromatic amines is 1. The summed E-state index contributed by atoms with van der Waals surface area (Å²) >= 11 is 0. The fourth-order valence-corrected chi connectivity index (χ4v) is 12.4. The second kappa shape index (κ2) is 29.6. The number of aryl methyl sites for hydroxylation is 1. The molecule has 0 saturated heterocycles. The average molecular weight is 1350 g/mol. The number of nitro benzene ring substituents is 2. The Bertz CT molecular complexity index is 5320. The standard InChI is InChI=1S/C18H17NO3.C17H12N2O3.C16H14N2O2.C15H12N2O3.C13H14N2O2/c1-12(20)17-11-19(13-4-6-14(21-2)7-5-13)18-9-8-15(22-3)10-16(17)18;1-20-13-4-2-12(3-5-13)19-9-11(8-18)14-6-16-17(7-15(14)19)22-10-21-16;1-2-17-11-15(12-6-4-3-5-7-12)14-10-13(18(19)20)8-9-16(14)17;1-20-12-5-2-10(3-6-12)14-9-16-15-7-4-11(17(18)19)8-13(14)15;1-8(2)15-6-9(5-14)10-3-12-13(4-11(10)15)17-7-16-12/h4-11H,1-3H3;2-7,9H,10H2,1H3;3-11H,2H2,1H3;2-9,16H,1H3;3-4,8-9H,6-7H2,1-2H3. The zero-order valence-corrected chi connectivity index (χ0v) is 56.5. The molecule has 1 N–H and O–H groups in total. The molecule has 3 aliphatic heterocycles. The van der Waals surface area contributed by atoms with Crippen molar-refractivity contribution in [3.63, 3.8) is 0 Å². The predicted octanol–water partition coefficient (Wildman–Crippen LogP) is 17.3. The number of nitro groups is 2. The van der Waals surface area contributed by atoms with Gasteiger partial charge in [0, 0.05) is 147 Å². The van der Waals surface area contributed by atoms with E-state index in [2.05, 4.69) is 53.6 Å². The predicted molar refractivity (Wildman–Crippen MR) is 387 cm³/mol. The number of carbonyl (C=O) groups excluding carboxylic acids is 1. The first-order valence-electron chi connectivity index (χ1n) is 32.2. The minimum atomic E-state index is -0.385. The second-order valence-electron chi connectivity index (χ2n) is 23.8. The molecule has 0 amide bonds. The Morgan fingerprint density at radius 3 is 1.67 bits per heavy atom. The maximum absolute atomic E-state index is 11.9. The van der Waals surface area contributed by atoms with Crippen molar-refractivity contribution in [2.45, 2.75) is 46.2 Å². The summed E-state index contributed by atoms with van der Waals surface area (Å²) in [7, 11) is 6.51. The van der Waals surface area contributed by atoms with E-state index in [1.807, 2.05) is 179 Å². The third kappa shape index (κ3) is 14.0. The molecule has 0 aliphatic carbocycles. The van der Waals surface area contributed by atoms with Gasteiger partial charge in [-0.2, -0.15) is 10.5 Å². The van der Waals surface area contributed by atoms with Crippen molar-refractivity contribution in [2.75, 3.05) is 53.5 Å². The van der Waals surface area contributed by atoms with Crippen molar-refractivity contribution in [1.82, 2.24) is 18.7 Å². The number of benzene rings is 9. The number of carbonyl (C=O) groups is 1. The highest BCUT2D eigenvalue weighted by Gasteiger charge is 2.33. The van der Waals surface area contributed by atoms with Crippen LogP contribution >= 0.6 is 0 Å². The normalized spacial score (nSPS) is 12.7. The quantitative estimate of drug-likeness (QED) is 0.0639. The lowest BCUT2D eigenvalue weighted by atomic mass is 10.0. The lowest BCUT2D eigenvalue weighted by Crippen LogP contribution is -2.29. The molecule has 1 unspecified atom stereocenters. The van der Waals surface area contributed by atoms with Gasteiger partial charge in [-0.1, -0.05) is 42.5 Å². The Morgan fingerprint density at radius 1 is 0.574 bits per heavy atom. The van der Waals surface area contributed by atoms with Crippen LogP contribution in [0.15, 0.2) is 207 Å². The zero-order valence-electron chi connectivity index (χ0n) is 56.5. The number of hydrogen-bond donors (Lipinski definition) is 1. The molecule has 3 aliphatic rings. The fraction of sp³-hybridized carbons (Fsp3) is 0.177. The highest BCUT2D eigenvalue weighted by molar-refractivity contribution is 6.08. The van der Waals surface area contributed by atoms with E-state index >= 15 is 0 Å². The minimum absolute atomic E-state index is 0.0329. The van der Waals surface area contributed by atoms with Gasteiger partial charge in [-0.3, -0.25) is 25.0 Å². The molecule has 0 bridgehead atoms. The minimum Gasteiger partial charge on any atom is -0.497 e. The number of aromatic nitrogens is 4. The SMILES string of the molecule is CC(C)N1CC(C#N)c2cc3c(cc21)OCO3.CCn1cc(-c2ccccc2)c2cc([N+](=O)[O-])ccc21.COc1ccc(-c2c[nH]c3ccc([N+](=O)[O-])cc23)cc1.COc1ccc(-n2cc(C#N)c3cc4c(cc32)OCO4)cc1.COc1ccc(-n2cc(C(C)=O)c3cc(OC)ccc32)cc1. The fourth-order valence-electron chi connectivity index (χ4n) is 12.4. The first-order chi connectivity index (χ1) is 49.0. The molecule has 22 heteroatoms. The molecule has 13 aromatic rings. The third-order valence-corrected chi connectivity index (χ3v) is 17.7. The number of methoxy groups -OCH3 is 4. The number of nitriles is 2. The number of rotatable bonds is 13. The number of fused-ring (bicyclic) bond motifs is 7. The van der Waals surface area contributed by atoms with Crippen LogP contribution in [-0.2, 0) is 6.54 Å². The van der Waals surface area contributed by atoms with E-state index < -0.39 is 0 Å². The highest BCUT2D eigenvalue weighted by Crippen LogP contribution is 2.46. The van der Waals surface area contributed by atoms with E-state index in [0.717, 1.165) is 136 Å². The summed E-state index contributed by atoms with van der Waals surface area (Å²) in [6, 6.07) is 61.2. The van der Waals surface area contributed by atoms with Gasteiger partial charge in [-0.05, 0) is 148 Å². The van der Waals surface area contributed by atoms with Crippen molar-refractivity contribution in [2.24, 2.45) is 0 Å². The largest absolute Gasteiger partial charge is 0.497 e. The maximum Gasteiger partial charge on any atom is 0.270 e. The maximum atomic E-state index is 11.9. The van der Waals surface area contributed by atoms with Gasteiger partial charge in [-0.15, -0.1) is 0 Å².